The van der Waals surface area contributed by atoms with Crippen LogP contribution in [0.4, 0.5) is 10.5 Å². The Hall–Kier alpha value is -3.74. The number of alkyl carbamates (subject to hydrolysis) is 1. The second-order valence-electron chi connectivity index (χ2n) is 9.83. The number of guanidine groups is 1. The van der Waals surface area contributed by atoms with E-state index in [4.69, 9.17) is 21.1 Å². The number of benzene rings is 2. The molecule has 3 rings (SSSR count). The average molecular weight is 677 g/mol. The van der Waals surface area contributed by atoms with Gasteiger partial charge in [-0.05, 0) is 81.2 Å². The molecule has 1 aromatic heterocycles. The zero-order valence-electron chi connectivity index (χ0n) is 23.5. The van der Waals surface area contributed by atoms with Crippen LogP contribution in [-0.2, 0) is 16.1 Å². The molecule has 13 heteroatoms. The van der Waals surface area contributed by atoms with Crippen LogP contribution in [-0.4, -0.2) is 45.8 Å². The Kier molecular flexibility index (Phi) is 11.7. The molecule has 0 aliphatic heterocycles. The fraction of sp³-hybridized carbons (Fsp3) is 0.276. The summed E-state index contributed by atoms with van der Waals surface area (Å²) in [6.45, 7) is 11.0. The van der Waals surface area contributed by atoms with Crippen LogP contribution in [0.1, 0.15) is 41.6 Å². The molecular weight excluding hydrogens is 646 g/mol. The third-order valence-electron chi connectivity index (χ3n) is 5.29. The molecule has 3 aromatic rings. The number of carbonyl (C=O) groups is 3. The molecule has 0 aliphatic carbocycles. The summed E-state index contributed by atoms with van der Waals surface area (Å²) in [6, 6.07) is 12.2. The van der Waals surface area contributed by atoms with Crippen LogP contribution in [0.5, 0.6) is 5.75 Å². The average Bonchev–Trinajstić information content (AvgIpc) is 3.32. The van der Waals surface area contributed by atoms with E-state index in [0.717, 1.165) is 5.56 Å². The highest BCUT2D eigenvalue weighted by Crippen LogP contribution is 2.29. The Morgan fingerprint density at radius 1 is 1.14 bits per heavy atom. The maximum atomic E-state index is 13.5. The number of aryl methyl sites for hydroxylation is 1. The van der Waals surface area contributed by atoms with E-state index in [0.29, 0.717) is 44.8 Å². The Balaban J connectivity index is 1.86. The van der Waals surface area contributed by atoms with Gasteiger partial charge < -0.3 is 14.8 Å². The SMILES string of the molecule is C=CCOc1ccc(-c2nsc(C)c2C(=O)NC(=NCc2ccc(NC(=O)CBr)c(Cl)c2)NC(=O)OC(C)(C)C)cc1. The second kappa shape index (κ2) is 14.9. The maximum absolute atomic E-state index is 13.5. The molecule has 3 amide bonds. The summed E-state index contributed by atoms with van der Waals surface area (Å²) < 4.78 is 15.4. The highest BCUT2D eigenvalue weighted by molar-refractivity contribution is 9.09. The van der Waals surface area contributed by atoms with E-state index in [-0.39, 0.29) is 23.7 Å². The first-order chi connectivity index (χ1) is 19.9. The Bertz CT molecular complexity index is 1480. The number of amides is 3. The van der Waals surface area contributed by atoms with Gasteiger partial charge in [0.1, 0.15) is 18.0 Å². The van der Waals surface area contributed by atoms with Crippen molar-refractivity contribution in [1.29, 1.82) is 0 Å². The molecule has 3 N–H and O–H groups in total. The van der Waals surface area contributed by atoms with Crippen molar-refractivity contribution in [1.82, 2.24) is 15.0 Å². The molecule has 0 saturated carbocycles. The third kappa shape index (κ3) is 9.68. The Morgan fingerprint density at radius 3 is 2.48 bits per heavy atom. The van der Waals surface area contributed by atoms with Crippen LogP contribution >= 0.6 is 39.1 Å². The first-order valence-electron chi connectivity index (χ1n) is 12.7. The van der Waals surface area contributed by atoms with E-state index in [9.17, 15) is 14.4 Å². The number of carbonyl (C=O) groups excluding carboxylic acids is 3. The zero-order chi connectivity index (χ0) is 30.9. The van der Waals surface area contributed by atoms with Gasteiger partial charge in [0.15, 0.2) is 0 Å². The van der Waals surface area contributed by atoms with E-state index in [1.54, 1.807) is 64.1 Å². The number of nitrogens with one attached hydrogen (secondary N) is 3. The summed E-state index contributed by atoms with van der Waals surface area (Å²) in [4.78, 5) is 42.9. The highest BCUT2D eigenvalue weighted by atomic mass is 79.9. The first-order valence-corrected chi connectivity index (χ1v) is 15.0. The van der Waals surface area contributed by atoms with Crippen molar-refractivity contribution >= 4 is 68.6 Å². The van der Waals surface area contributed by atoms with Gasteiger partial charge >= 0.3 is 6.09 Å². The highest BCUT2D eigenvalue weighted by Gasteiger charge is 2.23. The van der Waals surface area contributed by atoms with Gasteiger partial charge in [0.2, 0.25) is 11.9 Å². The van der Waals surface area contributed by atoms with Gasteiger partial charge in [-0.15, -0.1) is 0 Å². The molecule has 0 spiro atoms. The minimum Gasteiger partial charge on any atom is -0.490 e. The summed E-state index contributed by atoms with van der Waals surface area (Å²) in [5.74, 6) is -0.217. The normalized spacial score (nSPS) is 11.4. The molecule has 0 unspecified atom stereocenters. The lowest BCUT2D eigenvalue weighted by molar-refractivity contribution is -0.113. The lowest BCUT2D eigenvalue weighted by Crippen LogP contribution is -2.46. The minimum atomic E-state index is -0.789. The standard InChI is InChI=1S/C29H31BrClN5O5S/c1-6-13-40-20-10-8-19(9-11-20)25-24(17(2)42-36-25)26(38)34-27(35-28(39)41-29(3,4)5)32-16-18-7-12-22(21(31)14-18)33-23(37)15-30/h6-12,14H,1,13,15-16H2,2-5H3,(H,33,37)(H2,32,34,35,38,39). The Labute approximate surface area is 261 Å². The number of aliphatic imine (C=N–C) groups is 1. The van der Waals surface area contributed by atoms with E-state index in [2.05, 4.69) is 47.8 Å². The van der Waals surface area contributed by atoms with Crippen LogP contribution < -0.4 is 20.7 Å². The van der Waals surface area contributed by atoms with Crippen molar-refractivity contribution in [2.75, 3.05) is 17.3 Å². The topological polar surface area (TPSA) is 131 Å². The largest absolute Gasteiger partial charge is 0.490 e. The van der Waals surface area contributed by atoms with Crippen LogP contribution in [0.25, 0.3) is 11.3 Å². The van der Waals surface area contributed by atoms with Gasteiger partial charge in [-0.25, -0.2) is 9.79 Å². The van der Waals surface area contributed by atoms with Crippen LogP contribution in [0.2, 0.25) is 5.02 Å². The van der Waals surface area contributed by atoms with Gasteiger partial charge in [0.05, 0.1) is 33.8 Å². The number of alkyl halides is 1. The summed E-state index contributed by atoms with van der Waals surface area (Å²) in [5.41, 5.74) is 1.88. The molecule has 10 nitrogen and oxygen atoms in total. The number of hydrogen-bond donors (Lipinski definition) is 3. The van der Waals surface area contributed by atoms with Crippen LogP contribution in [0.15, 0.2) is 60.1 Å². The molecule has 2 aromatic carbocycles. The maximum Gasteiger partial charge on any atom is 0.414 e. The molecule has 0 fully saturated rings. The molecule has 0 bridgehead atoms. The van der Waals surface area contributed by atoms with Gasteiger partial charge in [-0.2, -0.15) is 4.37 Å². The zero-order valence-corrected chi connectivity index (χ0v) is 26.7. The summed E-state index contributed by atoms with van der Waals surface area (Å²) >= 11 is 10.6. The van der Waals surface area contributed by atoms with Gasteiger partial charge in [0.25, 0.3) is 5.91 Å². The smallest absolute Gasteiger partial charge is 0.414 e. The lowest BCUT2D eigenvalue weighted by atomic mass is 10.1. The lowest BCUT2D eigenvalue weighted by Gasteiger charge is -2.20. The minimum absolute atomic E-state index is 0.0533. The van der Waals surface area contributed by atoms with Crippen molar-refractivity contribution in [2.45, 2.75) is 39.8 Å². The second-order valence-corrected chi connectivity index (χ2v) is 11.8. The summed E-state index contributed by atoms with van der Waals surface area (Å²) in [7, 11) is 0. The van der Waals surface area contributed by atoms with Crippen molar-refractivity contribution in [3.8, 4) is 17.0 Å². The fourth-order valence-corrected chi connectivity index (χ4v) is 4.59. The molecule has 42 heavy (non-hydrogen) atoms. The molecule has 222 valence electrons. The predicted molar refractivity (Wildman–Crippen MR) is 170 cm³/mol. The predicted octanol–water partition coefficient (Wildman–Crippen LogP) is 6.48. The van der Waals surface area contributed by atoms with Gasteiger partial charge in [-0.3, -0.25) is 20.2 Å². The van der Waals surface area contributed by atoms with E-state index in [1.165, 1.54) is 11.5 Å². The summed E-state index contributed by atoms with van der Waals surface area (Å²) in [5, 5.41) is 8.33. The quantitative estimate of drug-likeness (QED) is 0.103. The molecule has 0 atom stereocenters. The van der Waals surface area contributed by atoms with E-state index < -0.39 is 17.6 Å². The van der Waals surface area contributed by atoms with Crippen molar-refractivity contribution in [3.05, 3.63) is 76.1 Å². The number of aromatic nitrogens is 1. The number of ether oxygens (including phenoxy) is 2. The summed E-state index contributed by atoms with van der Waals surface area (Å²) in [6.07, 6.45) is 0.863. The van der Waals surface area contributed by atoms with Crippen LogP contribution in [0.3, 0.4) is 0 Å². The monoisotopic (exact) mass is 675 g/mol. The fourth-order valence-electron chi connectivity index (χ4n) is 3.49. The van der Waals surface area contributed by atoms with Crippen molar-refractivity contribution < 1.29 is 23.9 Å². The number of anilines is 1. The Morgan fingerprint density at radius 2 is 1.86 bits per heavy atom. The molecule has 1 heterocycles. The van der Waals surface area contributed by atoms with E-state index >= 15 is 0 Å². The number of hydrogen-bond acceptors (Lipinski definition) is 8. The van der Waals surface area contributed by atoms with Crippen LogP contribution in [0, 0.1) is 6.92 Å². The van der Waals surface area contributed by atoms with Crippen molar-refractivity contribution in [2.24, 2.45) is 4.99 Å². The number of nitrogens with zero attached hydrogens (tertiary/aromatic N) is 2. The van der Waals surface area contributed by atoms with E-state index in [1.807, 2.05) is 12.1 Å². The number of rotatable bonds is 9. The molecule has 0 aliphatic rings. The third-order valence-corrected chi connectivity index (χ3v) is 6.86. The van der Waals surface area contributed by atoms with Gasteiger partial charge in [0, 0.05) is 10.4 Å². The molecule has 0 radical (unpaired) electrons. The van der Waals surface area contributed by atoms with Gasteiger partial charge in [-0.1, -0.05) is 46.3 Å². The molecular formula is C29H31BrClN5O5S. The number of halogens is 2. The first kappa shape index (κ1) is 32.8. The van der Waals surface area contributed by atoms with Crippen molar-refractivity contribution in [3.63, 3.8) is 0 Å². The molecule has 0 saturated heterocycles.